The Labute approximate surface area is 129 Å². The van der Waals surface area contributed by atoms with Gasteiger partial charge in [0.2, 0.25) is 10.0 Å². The lowest BCUT2D eigenvalue weighted by atomic mass is 9.97. The van der Waals surface area contributed by atoms with Crippen LogP contribution in [0.25, 0.3) is 11.1 Å². The molecule has 5 heteroatoms. The molecule has 1 aliphatic carbocycles. The number of hydrogen-bond donors (Lipinski definition) is 1. The lowest BCUT2D eigenvalue weighted by molar-refractivity contribution is 0.568. The first-order valence-corrected chi connectivity index (χ1v) is 8.61. The van der Waals surface area contributed by atoms with Crippen molar-refractivity contribution < 1.29 is 12.8 Å². The van der Waals surface area contributed by atoms with Crippen LogP contribution in [0.3, 0.4) is 0 Å². The third kappa shape index (κ3) is 2.82. The van der Waals surface area contributed by atoms with Crippen LogP contribution in [-0.2, 0) is 10.0 Å². The summed E-state index contributed by atoms with van der Waals surface area (Å²) in [4.78, 5) is -0.462. The summed E-state index contributed by atoms with van der Waals surface area (Å²) in [6.07, 6.45) is 2.81. The van der Waals surface area contributed by atoms with Gasteiger partial charge in [0.15, 0.2) is 0 Å². The highest BCUT2D eigenvalue weighted by Crippen LogP contribution is 2.40. The second-order valence-electron chi connectivity index (χ2n) is 5.37. The Balaban J connectivity index is 2.09. The lowest BCUT2D eigenvalue weighted by Gasteiger charge is -2.10. The highest BCUT2D eigenvalue weighted by atomic mass is 32.2. The maximum atomic E-state index is 14.0. The van der Waals surface area contributed by atoms with Crippen LogP contribution in [0.2, 0.25) is 0 Å². The minimum Gasteiger partial charge on any atom is -0.225 e. The van der Waals surface area contributed by atoms with Crippen molar-refractivity contribution in [2.45, 2.75) is 24.2 Å². The fourth-order valence-electron chi connectivity index (χ4n) is 2.94. The van der Waals surface area contributed by atoms with Crippen molar-refractivity contribution >= 4 is 21.2 Å². The molecule has 0 bridgehead atoms. The van der Waals surface area contributed by atoms with Crippen LogP contribution in [0.15, 0.2) is 53.4 Å². The van der Waals surface area contributed by atoms with E-state index in [2.05, 4.69) is 0 Å². The number of allylic oxidation sites excluding steroid dienone is 2. The molecule has 22 heavy (non-hydrogen) atoms. The highest BCUT2D eigenvalue weighted by Gasteiger charge is 2.20. The largest absolute Gasteiger partial charge is 0.240 e. The molecule has 1 aliphatic rings. The molecule has 0 amide bonds. The van der Waals surface area contributed by atoms with E-state index in [1.54, 1.807) is 6.07 Å². The Kier molecular flexibility index (Phi) is 3.85. The molecule has 0 aliphatic heterocycles. The van der Waals surface area contributed by atoms with E-state index < -0.39 is 20.7 Å². The van der Waals surface area contributed by atoms with E-state index in [4.69, 9.17) is 5.14 Å². The van der Waals surface area contributed by atoms with Gasteiger partial charge in [0.05, 0.1) is 0 Å². The summed E-state index contributed by atoms with van der Waals surface area (Å²) in [5.74, 6) is -0.799. The quantitative estimate of drug-likeness (QED) is 0.941. The smallest absolute Gasteiger partial charge is 0.225 e. The van der Waals surface area contributed by atoms with Gasteiger partial charge in [0.1, 0.15) is 10.7 Å². The third-order valence-corrected chi connectivity index (χ3v) is 4.87. The van der Waals surface area contributed by atoms with Crippen LogP contribution < -0.4 is 5.14 Å². The normalized spacial score (nSPS) is 15.4. The predicted molar refractivity (Wildman–Crippen MR) is 84.9 cm³/mol. The fourth-order valence-corrected chi connectivity index (χ4v) is 3.53. The molecule has 3 rings (SSSR count). The Morgan fingerprint density at radius 2 is 1.55 bits per heavy atom. The number of halogens is 1. The van der Waals surface area contributed by atoms with Crippen molar-refractivity contribution in [2.24, 2.45) is 5.14 Å². The number of benzene rings is 2. The molecule has 0 fully saturated rings. The van der Waals surface area contributed by atoms with Gasteiger partial charge in [0.25, 0.3) is 0 Å². The van der Waals surface area contributed by atoms with Crippen molar-refractivity contribution in [3.63, 3.8) is 0 Å². The zero-order valence-electron chi connectivity index (χ0n) is 11.9. The molecule has 0 radical (unpaired) electrons. The Hall–Kier alpha value is -1.98. The molecular weight excluding hydrogens is 301 g/mol. The molecule has 0 saturated carbocycles. The molecule has 0 atom stereocenters. The molecule has 0 spiro atoms. The molecule has 0 heterocycles. The van der Waals surface area contributed by atoms with Gasteiger partial charge in [-0.05, 0) is 53.7 Å². The van der Waals surface area contributed by atoms with E-state index >= 15 is 0 Å². The second kappa shape index (κ2) is 5.66. The summed E-state index contributed by atoms with van der Waals surface area (Å²) in [6, 6.07) is 14.1. The van der Waals surface area contributed by atoms with Gasteiger partial charge in [-0.15, -0.1) is 0 Å². The third-order valence-electron chi connectivity index (χ3n) is 3.93. The first-order valence-electron chi connectivity index (χ1n) is 7.07. The SMILES string of the molecule is NS(=O)(=O)c1ccc(C2=C(c3ccccc3)CCC2)cc1F. The highest BCUT2D eigenvalue weighted by molar-refractivity contribution is 7.89. The van der Waals surface area contributed by atoms with Crippen molar-refractivity contribution in [2.75, 3.05) is 0 Å². The number of primary sulfonamides is 1. The zero-order valence-corrected chi connectivity index (χ0v) is 12.7. The summed E-state index contributed by atoms with van der Waals surface area (Å²) < 4.78 is 36.6. The van der Waals surface area contributed by atoms with Gasteiger partial charge >= 0.3 is 0 Å². The summed E-state index contributed by atoms with van der Waals surface area (Å²) in [6.45, 7) is 0. The molecule has 0 aromatic heterocycles. The first-order chi connectivity index (χ1) is 10.5. The number of rotatable bonds is 3. The Bertz CT molecular complexity index is 842. The van der Waals surface area contributed by atoms with E-state index in [0.29, 0.717) is 0 Å². The van der Waals surface area contributed by atoms with E-state index in [1.807, 2.05) is 30.3 Å². The van der Waals surface area contributed by atoms with Crippen LogP contribution in [0.5, 0.6) is 0 Å². The van der Waals surface area contributed by atoms with Crippen molar-refractivity contribution in [1.29, 1.82) is 0 Å². The minimum absolute atomic E-state index is 0.462. The number of nitrogens with two attached hydrogens (primary N) is 1. The molecule has 114 valence electrons. The van der Waals surface area contributed by atoms with Gasteiger partial charge in [-0.3, -0.25) is 0 Å². The van der Waals surface area contributed by atoms with Crippen molar-refractivity contribution in [3.05, 3.63) is 65.5 Å². The summed E-state index contributed by atoms with van der Waals surface area (Å²) >= 11 is 0. The van der Waals surface area contributed by atoms with Crippen LogP contribution in [0.4, 0.5) is 4.39 Å². The lowest BCUT2D eigenvalue weighted by Crippen LogP contribution is -2.14. The van der Waals surface area contributed by atoms with Crippen LogP contribution in [-0.4, -0.2) is 8.42 Å². The first kappa shape index (κ1) is 14.9. The van der Waals surface area contributed by atoms with Crippen LogP contribution in [0, 0.1) is 5.82 Å². The molecule has 2 aromatic carbocycles. The molecule has 3 nitrogen and oxygen atoms in total. The average Bonchev–Trinajstić information content (AvgIpc) is 2.96. The molecule has 0 saturated heterocycles. The summed E-state index contributed by atoms with van der Waals surface area (Å²) in [5, 5.41) is 5.00. The van der Waals surface area contributed by atoms with Crippen LogP contribution >= 0.6 is 0 Å². The van der Waals surface area contributed by atoms with Gasteiger partial charge in [-0.1, -0.05) is 36.4 Å². The van der Waals surface area contributed by atoms with Gasteiger partial charge in [-0.25, -0.2) is 17.9 Å². The number of hydrogen-bond acceptors (Lipinski definition) is 2. The number of sulfonamides is 1. The molecule has 2 aromatic rings. The Morgan fingerprint density at radius 3 is 2.14 bits per heavy atom. The van der Waals surface area contributed by atoms with E-state index in [9.17, 15) is 12.8 Å². The Morgan fingerprint density at radius 1 is 0.909 bits per heavy atom. The van der Waals surface area contributed by atoms with E-state index in [-0.39, 0.29) is 0 Å². The molecule has 0 unspecified atom stereocenters. The van der Waals surface area contributed by atoms with Gasteiger partial charge < -0.3 is 0 Å². The average molecular weight is 317 g/mol. The topological polar surface area (TPSA) is 60.2 Å². The van der Waals surface area contributed by atoms with E-state index in [1.165, 1.54) is 17.7 Å². The van der Waals surface area contributed by atoms with Crippen LogP contribution in [0.1, 0.15) is 30.4 Å². The summed E-state index contributed by atoms with van der Waals surface area (Å²) in [7, 11) is -4.03. The van der Waals surface area contributed by atoms with Crippen molar-refractivity contribution in [3.8, 4) is 0 Å². The van der Waals surface area contributed by atoms with Gasteiger partial charge in [0, 0.05) is 0 Å². The predicted octanol–water partition coefficient (Wildman–Crippen LogP) is 3.57. The summed E-state index contributed by atoms with van der Waals surface area (Å²) in [5.41, 5.74) is 4.13. The maximum Gasteiger partial charge on any atom is 0.240 e. The monoisotopic (exact) mass is 317 g/mol. The standard InChI is InChI=1S/C17H16FNO2S/c18-16-11-13(9-10-17(16)22(19,20)21)15-8-4-7-14(15)12-5-2-1-3-6-12/h1-3,5-6,9-11H,4,7-8H2,(H2,19,20,21). The van der Waals surface area contributed by atoms with E-state index in [0.717, 1.165) is 36.0 Å². The fraction of sp³-hybridized carbons (Fsp3) is 0.176. The zero-order chi connectivity index (χ0) is 15.7. The van der Waals surface area contributed by atoms with Gasteiger partial charge in [-0.2, -0.15) is 0 Å². The maximum absolute atomic E-state index is 14.0. The minimum atomic E-state index is -4.03. The molecule has 2 N–H and O–H groups in total. The molecular formula is C17H16FNO2S. The van der Waals surface area contributed by atoms with Crippen molar-refractivity contribution in [1.82, 2.24) is 0 Å². The second-order valence-corrected chi connectivity index (χ2v) is 6.90.